The van der Waals surface area contributed by atoms with Crippen LogP contribution < -0.4 is 0 Å². The van der Waals surface area contributed by atoms with Gasteiger partial charge in [-0.1, -0.05) is 12.1 Å². The quantitative estimate of drug-likeness (QED) is 0.791. The normalized spacial score (nSPS) is 25.5. The maximum Gasteiger partial charge on any atom is 0.252 e. The van der Waals surface area contributed by atoms with E-state index in [2.05, 4.69) is 22.1 Å². The maximum absolute atomic E-state index is 12.2. The summed E-state index contributed by atoms with van der Waals surface area (Å²) in [6.45, 7) is 6.21. The van der Waals surface area contributed by atoms with Gasteiger partial charge in [-0.3, -0.25) is 4.79 Å². The molecule has 0 bridgehead atoms. The van der Waals surface area contributed by atoms with Crippen LogP contribution >= 0.6 is 0 Å². The van der Waals surface area contributed by atoms with Gasteiger partial charge < -0.3 is 19.1 Å². The molecular weight excluding hydrogens is 284 g/mol. The van der Waals surface area contributed by atoms with E-state index in [1.165, 1.54) is 6.42 Å². The van der Waals surface area contributed by atoms with Crippen LogP contribution in [0, 0.1) is 11.8 Å². The molecule has 3 heterocycles. The molecule has 7 nitrogen and oxygen atoms in total. The van der Waals surface area contributed by atoms with Gasteiger partial charge in [0, 0.05) is 26.1 Å². The summed E-state index contributed by atoms with van der Waals surface area (Å²) in [6.07, 6.45) is 1.92. The smallest absolute Gasteiger partial charge is 0.252 e. The van der Waals surface area contributed by atoms with Crippen LogP contribution in [0.2, 0.25) is 0 Å². The minimum Gasteiger partial charge on any atom is -0.362 e. The minimum absolute atomic E-state index is 0.0623. The molecule has 2 aliphatic rings. The Morgan fingerprint density at radius 3 is 2.95 bits per heavy atom. The van der Waals surface area contributed by atoms with Crippen molar-refractivity contribution < 1.29 is 14.1 Å². The summed E-state index contributed by atoms with van der Waals surface area (Å²) in [4.78, 5) is 20.7. The molecule has 3 rings (SSSR count). The lowest BCUT2D eigenvalue weighted by Crippen LogP contribution is -2.37. The zero-order valence-corrected chi connectivity index (χ0v) is 13.3. The molecule has 2 atom stereocenters. The molecule has 0 spiro atoms. The van der Waals surface area contributed by atoms with Crippen LogP contribution in [0.15, 0.2) is 4.52 Å². The molecule has 0 saturated carbocycles. The van der Waals surface area contributed by atoms with Crippen molar-refractivity contribution in [1.82, 2.24) is 19.9 Å². The number of ether oxygens (including phenoxy) is 1. The fourth-order valence-corrected chi connectivity index (χ4v) is 3.36. The van der Waals surface area contributed by atoms with Crippen molar-refractivity contribution in [3.8, 4) is 0 Å². The summed E-state index contributed by atoms with van der Waals surface area (Å²) < 4.78 is 10.5. The molecule has 2 fully saturated rings. The summed E-state index contributed by atoms with van der Waals surface area (Å²) in [5.41, 5.74) is 0. The monoisotopic (exact) mass is 308 g/mol. The highest BCUT2D eigenvalue weighted by atomic mass is 16.5. The van der Waals surface area contributed by atoms with Crippen molar-refractivity contribution in [1.29, 1.82) is 0 Å². The van der Waals surface area contributed by atoms with Gasteiger partial charge in [0.25, 0.3) is 5.89 Å². The van der Waals surface area contributed by atoms with Crippen molar-refractivity contribution in [2.45, 2.75) is 26.4 Å². The minimum atomic E-state index is 0.0623. The number of hydrogen-bond acceptors (Lipinski definition) is 6. The molecule has 2 aliphatic heterocycles. The first-order valence-corrected chi connectivity index (χ1v) is 8.01. The highest BCUT2D eigenvalue weighted by molar-refractivity contribution is 5.77. The van der Waals surface area contributed by atoms with E-state index in [0.717, 1.165) is 32.6 Å². The molecule has 1 aromatic rings. The molecule has 1 amide bonds. The highest BCUT2D eigenvalue weighted by Gasteiger charge is 2.37. The number of rotatable bonds is 5. The Kier molecular flexibility index (Phi) is 4.73. The zero-order valence-electron chi connectivity index (χ0n) is 13.3. The summed E-state index contributed by atoms with van der Waals surface area (Å²) in [5, 5.41) is 3.80. The lowest BCUT2D eigenvalue weighted by atomic mass is 9.89. The first-order valence-electron chi connectivity index (χ1n) is 8.01. The highest BCUT2D eigenvalue weighted by Crippen LogP contribution is 2.30. The van der Waals surface area contributed by atoms with E-state index < -0.39 is 0 Å². The Balaban J connectivity index is 1.42. The summed E-state index contributed by atoms with van der Waals surface area (Å²) in [5.74, 6) is 2.43. The number of aromatic nitrogens is 2. The standard InChI is InChI=1S/C15H24N4O3/c1-3-13-16-14(22-17-13)9-21-10-15(20)19-7-11-4-5-18(2)6-12(11)8-19/h11-12H,3-10H2,1-2H3/t11-,12+/m0/s1. The van der Waals surface area contributed by atoms with E-state index >= 15 is 0 Å². The predicted octanol–water partition coefficient (Wildman–Crippen LogP) is 0.559. The van der Waals surface area contributed by atoms with Crippen molar-refractivity contribution in [3.63, 3.8) is 0 Å². The molecule has 7 heteroatoms. The number of hydrogen-bond donors (Lipinski definition) is 0. The van der Waals surface area contributed by atoms with Gasteiger partial charge in [0.05, 0.1) is 0 Å². The number of amides is 1. The maximum atomic E-state index is 12.2. The van der Waals surface area contributed by atoms with E-state index in [4.69, 9.17) is 9.26 Å². The Morgan fingerprint density at radius 2 is 2.18 bits per heavy atom. The molecule has 0 aliphatic carbocycles. The average Bonchev–Trinajstić information content (AvgIpc) is 3.12. The fraction of sp³-hybridized carbons (Fsp3) is 0.800. The van der Waals surface area contributed by atoms with Crippen molar-refractivity contribution in [2.24, 2.45) is 11.8 Å². The Morgan fingerprint density at radius 1 is 1.36 bits per heavy atom. The number of carbonyl (C=O) groups excluding carboxylic acids is 1. The first kappa shape index (κ1) is 15.4. The second kappa shape index (κ2) is 6.75. The van der Waals surface area contributed by atoms with Crippen molar-refractivity contribution >= 4 is 5.91 Å². The molecule has 1 aromatic heterocycles. The van der Waals surface area contributed by atoms with Crippen molar-refractivity contribution in [3.05, 3.63) is 11.7 Å². The van der Waals surface area contributed by atoms with E-state index in [1.807, 2.05) is 11.8 Å². The lowest BCUT2D eigenvalue weighted by Gasteiger charge is -2.31. The third-order valence-corrected chi connectivity index (χ3v) is 4.63. The van der Waals surface area contributed by atoms with Crippen LogP contribution in [0.5, 0.6) is 0 Å². The van der Waals surface area contributed by atoms with Crippen LogP contribution in [0.1, 0.15) is 25.1 Å². The van der Waals surface area contributed by atoms with Gasteiger partial charge >= 0.3 is 0 Å². The Hall–Kier alpha value is -1.47. The van der Waals surface area contributed by atoms with Gasteiger partial charge in [-0.15, -0.1) is 0 Å². The third kappa shape index (κ3) is 3.47. The van der Waals surface area contributed by atoms with Crippen LogP contribution in [0.3, 0.4) is 0 Å². The number of nitrogens with zero attached hydrogens (tertiary/aromatic N) is 4. The second-order valence-electron chi connectivity index (χ2n) is 6.32. The van der Waals surface area contributed by atoms with E-state index in [9.17, 15) is 4.79 Å². The van der Waals surface area contributed by atoms with Crippen LogP contribution in [0.25, 0.3) is 0 Å². The van der Waals surface area contributed by atoms with Gasteiger partial charge in [-0.2, -0.15) is 4.98 Å². The second-order valence-corrected chi connectivity index (χ2v) is 6.32. The molecular formula is C15H24N4O3. The van der Waals surface area contributed by atoms with Crippen LogP contribution in [-0.4, -0.2) is 65.7 Å². The van der Waals surface area contributed by atoms with E-state index in [-0.39, 0.29) is 19.1 Å². The number of piperidine rings is 1. The SMILES string of the molecule is CCc1noc(COCC(=O)N2C[C@H]3CN(C)CC[C@H]3C2)n1. The first-order chi connectivity index (χ1) is 10.7. The largest absolute Gasteiger partial charge is 0.362 e. The average molecular weight is 308 g/mol. The lowest BCUT2D eigenvalue weighted by molar-refractivity contribution is -0.136. The number of carbonyl (C=O) groups is 1. The van der Waals surface area contributed by atoms with E-state index in [0.29, 0.717) is 23.6 Å². The molecule has 0 aromatic carbocycles. The van der Waals surface area contributed by atoms with Crippen LogP contribution in [-0.2, 0) is 22.6 Å². The van der Waals surface area contributed by atoms with Gasteiger partial charge in [0.2, 0.25) is 5.91 Å². The molecule has 0 N–H and O–H groups in total. The zero-order chi connectivity index (χ0) is 15.5. The molecule has 122 valence electrons. The van der Waals surface area contributed by atoms with Gasteiger partial charge in [0.1, 0.15) is 13.2 Å². The van der Waals surface area contributed by atoms with Crippen molar-refractivity contribution in [2.75, 3.05) is 39.8 Å². The molecule has 0 radical (unpaired) electrons. The fourth-order valence-electron chi connectivity index (χ4n) is 3.36. The van der Waals surface area contributed by atoms with E-state index in [1.54, 1.807) is 0 Å². The third-order valence-electron chi connectivity index (χ3n) is 4.63. The molecule has 2 saturated heterocycles. The summed E-state index contributed by atoms with van der Waals surface area (Å²) >= 11 is 0. The predicted molar refractivity (Wildman–Crippen MR) is 79.0 cm³/mol. The summed E-state index contributed by atoms with van der Waals surface area (Å²) in [6, 6.07) is 0. The molecule has 22 heavy (non-hydrogen) atoms. The Bertz CT molecular complexity index is 519. The summed E-state index contributed by atoms with van der Waals surface area (Å²) in [7, 11) is 2.15. The topological polar surface area (TPSA) is 71.7 Å². The Labute approximate surface area is 130 Å². The van der Waals surface area contributed by atoms with Crippen LogP contribution in [0.4, 0.5) is 0 Å². The number of fused-ring (bicyclic) bond motifs is 1. The number of likely N-dealkylation sites (tertiary alicyclic amines) is 2. The number of aryl methyl sites for hydroxylation is 1. The van der Waals surface area contributed by atoms with Gasteiger partial charge in [0.15, 0.2) is 5.82 Å². The molecule has 0 unspecified atom stereocenters. The van der Waals surface area contributed by atoms with Gasteiger partial charge in [-0.05, 0) is 31.8 Å². The van der Waals surface area contributed by atoms with Gasteiger partial charge in [-0.25, -0.2) is 0 Å².